The normalized spacial score (nSPS) is 11.5. The van der Waals surface area contributed by atoms with Crippen LogP contribution in [0.4, 0.5) is 0 Å². The van der Waals surface area contributed by atoms with Gasteiger partial charge in [0.1, 0.15) is 0 Å². The lowest BCUT2D eigenvalue weighted by molar-refractivity contribution is 0.845. The molecule has 2 N–H and O–H groups in total. The van der Waals surface area contributed by atoms with Crippen molar-refractivity contribution in [2.24, 2.45) is 10.7 Å². The third-order valence-electron chi connectivity index (χ3n) is 2.59. The quantitative estimate of drug-likeness (QED) is 0.642. The molecule has 18 heavy (non-hydrogen) atoms. The standard InChI is InChI=1S/C15H17N3/c16-10-6-12-18-15(13-7-2-1-3-8-13)14-9-4-5-11-17-14/h1-5,7-9,11H,6,10,12,16H2. The third-order valence-corrected chi connectivity index (χ3v) is 2.59. The van der Waals surface area contributed by atoms with Gasteiger partial charge in [0.25, 0.3) is 0 Å². The molecule has 3 heteroatoms. The van der Waals surface area contributed by atoms with Crippen LogP contribution in [0.15, 0.2) is 59.7 Å². The van der Waals surface area contributed by atoms with E-state index in [0.717, 1.165) is 29.9 Å². The monoisotopic (exact) mass is 239 g/mol. The van der Waals surface area contributed by atoms with E-state index < -0.39 is 0 Å². The molecule has 0 unspecified atom stereocenters. The molecule has 0 saturated heterocycles. The predicted octanol–water partition coefficient (Wildman–Crippen LogP) is 2.27. The van der Waals surface area contributed by atoms with Crippen molar-refractivity contribution < 1.29 is 0 Å². The lowest BCUT2D eigenvalue weighted by atomic mass is 10.1. The fraction of sp³-hybridized carbons (Fsp3) is 0.200. The molecule has 0 radical (unpaired) electrons. The summed E-state index contributed by atoms with van der Waals surface area (Å²) in [6.07, 6.45) is 2.68. The molecule has 0 aliphatic heterocycles. The molecule has 0 bridgehead atoms. The molecule has 3 nitrogen and oxygen atoms in total. The topological polar surface area (TPSA) is 51.3 Å². The maximum atomic E-state index is 5.51. The van der Waals surface area contributed by atoms with Gasteiger partial charge in [-0.15, -0.1) is 0 Å². The first-order valence-corrected chi connectivity index (χ1v) is 6.13. The minimum Gasteiger partial charge on any atom is -0.330 e. The molecule has 1 aromatic heterocycles. The van der Waals surface area contributed by atoms with Gasteiger partial charge in [-0.3, -0.25) is 9.98 Å². The molecule has 1 aromatic carbocycles. The third kappa shape index (κ3) is 3.25. The van der Waals surface area contributed by atoms with Gasteiger partial charge in [0, 0.05) is 18.3 Å². The number of nitrogens with zero attached hydrogens (tertiary/aromatic N) is 2. The van der Waals surface area contributed by atoms with Gasteiger partial charge in [-0.2, -0.15) is 0 Å². The molecule has 2 aromatic rings. The first-order chi connectivity index (χ1) is 8.92. The van der Waals surface area contributed by atoms with Gasteiger partial charge in [-0.05, 0) is 25.1 Å². The number of rotatable bonds is 5. The summed E-state index contributed by atoms with van der Waals surface area (Å²) in [7, 11) is 0. The minimum atomic E-state index is 0.661. The highest BCUT2D eigenvalue weighted by Crippen LogP contribution is 2.08. The highest BCUT2D eigenvalue weighted by atomic mass is 14.8. The van der Waals surface area contributed by atoms with Gasteiger partial charge in [0.15, 0.2) is 0 Å². The molecule has 0 aliphatic rings. The number of hydrogen-bond acceptors (Lipinski definition) is 3. The van der Waals surface area contributed by atoms with E-state index in [2.05, 4.69) is 22.1 Å². The van der Waals surface area contributed by atoms with E-state index in [9.17, 15) is 0 Å². The fourth-order valence-electron chi connectivity index (χ4n) is 1.70. The first-order valence-electron chi connectivity index (χ1n) is 6.13. The van der Waals surface area contributed by atoms with Gasteiger partial charge < -0.3 is 5.73 Å². The Morgan fingerprint density at radius 1 is 1.06 bits per heavy atom. The smallest absolute Gasteiger partial charge is 0.0903 e. The van der Waals surface area contributed by atoms with E-state index in [4.69, 9.17) is 5.73 Å². The van der Waals surface area contributed by atoms with E-state index in [1.807, 2.05) is 36.4 Å². The highest BCUT2D eigenvalue weighted by molar-refractivity contribution is 6.11. The molecule has 0 fully saturated rings. The van der Waals surface area contributed by atoms with Crippen LogP contribution in [-0.4, -0.2) is 23.8 Å². The SMILES string of the molecule is NCCCN=C(c1ccccc1)c1ccccn1. The Morgan fingerprint density at radius 3 is 2.50 bits per heavy atom. The Kier molecular flexibility index (Phi) is 4.61. The maximum Gasteiger partial charge on any atom is 0.0903 e. The first kappa shape index (κ1) is 12.5. The van der Waals surface area contributed by atoms with Crippen molar-refractivity contribution >= 4 is 5.71 Å². The van der Waals surface area contributed by atoms with Crippen LogP contribution >= 0.6 is 0 Å². The van der Waals surface area contributed by atoms with Crippen LogP contribution in [0.25, 0.3) is 0 Å². The number of pyridine rings is 1. The molecule has 0 atom stereocenters. The molecule has 0 amide bonds. The fourth-order valence-corrected chi connectivity index (χ4v) is 1.70. The number of nitrogens with two attached hydrogens (primary N) is 1. The summed E-state index contributed by atoms with van der Waals surface area (Å²) in [6, 6.07) is 16.0. The molecule has 0 aliphatic carbocycles. The van der Waals surface area contributed by atoms with E-state index in [0.29, 0.717) is 6.54 Å². The molecule has 1 heterocycles. The summed E-state index contributed by atoms with van der Waals surface area (Å²) >= 11 is 0. The van der Waals surface area contributed by atoms with Gasteiger partial charge in [-0.25, -0.2) is 0 Å². The van der Waals surface area contributed by atoms with Gasteiger partial charge >= 0.3 is 0 Å². The largest absolute Gasteiger partial charge is 0.330 e. The van der Waals surface area contributed by atoms with Crippen LogP contribution in [0.2, 0.25) is 0 Å². The van der Waals surface area contributed by atoms with Crippen molar-refractivity contribution in [3.05, 3.63) is 66.0 Å². The van der Waals surface area contributed by atoms with Crippen LogP contribution in [0.1, 0.15) is 17.7 Å². The number of hydrogen-bond donors (Lipinski definition) is 1. The number of aromatic nitrogens is 1. The van der Waals surface area contributed by atoms with Crippen molar-refractivity contribution in [1.82, 2.24) is 4.98 Å². The summed E-state index contributed by atoms with van der Waals surface area (Å²) in [5, 5.41) is 0. The van der Waals surface area contributed by atoms with Crippen LogP contribution in [-0.2, 0) is 0 Å². The Balaban J connectivity index is 2.33. The Morgan fingerprint density at radius 2 is 1.83 bits per heavy atom. The van der Waals surface area contributed by atoms with E-state index in [-0.39, 0.29) is 0 Å². The molecular formula is C15H17N3. The van der Waals surface area contributed by atoms with Crippen molar-refractivity contribution in [3.63, 3.8) is 0 Å². The zero-order valence-corrected chi connectivity index (χ0v) is 10.3. The number of benzene rings is 1. The molecule has 0 spiro atoms. The minimum absolute atomic E-state index is 0.661. The van der Waals surface area contributed by atoms with E-state index in [1.54, 1.807) is 6.20 Å². The summed E-state index contributed by atoms with van der Waals surface area (Å²) in [5.74, 6) is 0. The molecule has 92 valence electrons. The Hall–Kier alpha value is -2.00. The summed E-state index contributed by atoms with van der Waals surface area (Å²) in [4.78, 5) is 9.00. The maximum absolute atomic E-state index is 5.51. The zero-order valence-electron chi connectivity index (χ0n) is 10.3. The predicted molar refractivity (Wildman–Crippen MR) is 74.9 cm³/mol. The lowest BCUT2D eigenvalue weighted by Gasteiger charge is -2.06. The van der Waals surface area contributed by atoms with Crippen LogP contribution < -0.4 is 5.73 Å². The average Bonchev–Trinajstić information content (AvgIpc) is 2.46. The molecular weight excluding hydrogens is 222 g/mol. The summed E-state index contributed by atoms with van der Waals surface area (Å²) in [5.41, 5.74) is 8.44. The van der Waals surface area contributed by atoms with Crippen molar-refractivity contribution in [2.75, 3.05) is 13.1 Å². The lowest BCUT2D eigenvalue weighted by Crippen LogP contribution is -2.08. The van der Waals surface area contributed by atoms with Crippen LogP contribution in [0.3, 0.4) is 0 Å². The molecule has 0 saturated carbocycles. The Bertz CT molecular complexity index is 450. The summed E-state index contributed by atoms with van der Waals surface area (Å²) in [6.45, 7) is 1.39. The summed E-state index contributed by atoms with van der Waals surface area (Å²) < 4.78 is 0. The van der Waals surface area contributed by atoms with E-state index in [1.165, 1.54) is 0 Å². The van der Waals surface area contributed by atoms with Gasteiger partial charge in [0.2, 0.25) is 0 Å². The highest BCUT2D eigenvalue weighted by Gasteiger charge is 2.06. The van der Waals surface area contributed by atoms with Crippen molar-refractivity contribution in [3.8, 4) is 0 Å². The van der Waals surface area contributed by atoms with E-state index >= 15 is 0 Å². The second kappa shape index (κ2) is 6.67. The zero-order chi connectivity index (χ0) is 12.6. The van der Waals surface area contributed by atoms with Gasteiger partial charge in [-0.1, -0.05) is 36.4 Å². The van der Waals surface area contributed by atoms with Crippen molar-refractivity contribution in [2.45, 2.75) is 6.42 Å². The van der Waals surface area contributed by atoms with Gasteiger partial charge in [0.05, 0.1) is 11.4 Å². The number of aliphatic imine (C=N–C) groups is 1. The van der Waals surface area contributed by atoms with Crippen LogP contribution in [0.5, 0.6) is 0 Å². The molecule has 2 rings (SSSR count). The second-order valence-electron chi connectivity index (χ2n) is 3.95. The van der Waals surface area contributed by atoms with Crippen LogP contribution in [0, 0.1) is 0 Å². The Labute approximate surface area is 107 Å². The average molecular weight is 239 g/mol. The second-order valence-corrected chi connectivity index (χ2v) is 3.95. The van der Waals surface area contributed by atoms with Crippen molar-refractivity contribution in [1.29, 1.82) is 0 Å².